The van der Waals surface area contributed by atoms with Crippen LogP contribution in [0, 0.1) is 11.6 Å². The zero-order chi connectivity index (χ0) is 11.0. The highest BCUT2D eigenvalue weighted by molar-refractivity contribution is 9.10. The number of rotatable bonds is 1. The molecule has 2 rings (SSSR count). The van der Waals surface area contributed by atoms with Gasteiger partial charge in [0.15, 0.2) is 0 Å². The van der Waals surface area contributed by atoms with Crippen LogP contribution in [0.5, 0.6) is 5.88 Å². The molecular formula is C9H8BrN3OS. The van der Waals surface area contributed by atoms with E-state index in [0.29, 0.717) is 10.5 Å². The molecule has 0 fully saturated rings. The lowest BCUT2D eigenvalue weighted by Gasteiger charge is -2.05. The molecule has 0 unspecified atom stereocenters. The number of fused-ring (bicyclic) bond motifs is 1. The minimum atomic E-state index is 0.535. The van der Waals surface area contributed by atoms with Crippen LogP contribution < -0.4 is 4.74 Å². The summed E-state index contributed by atoms with van der Waals surface area (Å²) in [5.41, 5.74) is 1.56. The first-order valence-electron chi connectivity index (χ1n) is 4.23. The lowest BCUT2D eigenvalue weighted by molar-refractivity contribution is 0.396. The Morgan fingerprint density at radius 2 is 2.27 bits per heavy atom. The van der Waals surface area contributed by atoms with Gasteiger partial charge in [-0.15, -0.1) is 0 Å². The molecule has 15 heavy (non-hydrogen) atoms. The topological polar surface area (TPSA) is 50.8 Å². The number of aromatic amines is 1. The molecule has 0 radical (unpaired) electrons. The Morgan fingerprint density at radius 3 is 2.93 bits per heavy atom. The Hall–Kier alpha value is -1.01. The van der Waals surface area contributed by atoms with Crippen LogP contribution in [0.25, 0.3) is 10.9 Å². The summed E-state index contributed by atoms with van der Waals surface area (Å²) >= 11 is 8.50. The summed E-state index contributed by atoms with van der Waals surface area (Å²) in [6, 6.07) is 1.88. The fraction of sp³-hybridized carbons (Fsp3) is 0.222. The molecule has 0 aliphatic carbocycles. The van der Waals surface area contributed by atoms with E-state index in [0.717, 1.165) is 21.1 Å². The second kappa shape index (κ2) is 3.86. The van der Waals surface area contributed by atoms with Gasteiger partial charge in [0.2, 0.25) is 5.88 Å². The number of H-pyrrole nitrogens is 1. The summed E-state index contributed by atoms with van der Waals surface area (Å²) in [7, 11) is 1.57. The third-order valence-electron chi connectivity index (χ3n) is 2.05. The van der Waals surface area contributed by atoms with E-state index in [4.69, 9.17) is 17.0 Å². The van der Waals surface area contributed by atoms with Crippen LogP contribution in [0.2, 0.25) is 0 Å². The van der Waals surface area contributed by atoms with Crippen LogP contribution in [0.4, 0.5) is 0 Å². The molecule has 0 saturated carbocycles. The Bertz CT molecular complexity index is 581. The van der Waals surface area contributed by atoms with E-state index in [1.54, 1.807) is 7.11 Å². The van der Waals surface area contributed by atoms with Gasteiger partial charge in [0.25, 0.3) is 0 Å². The van der Waals surface area contributed by atoms with E-state index in [1.807, 2.05) is 13.0 Å². The van der Waals surface area contributed by atoms with Crippen molar-refractivity contribution in [2.45, 2.75) is 6.92 Å². The van der Waals surface area contributed by atoms with Gasteiger partial charge in [0, 0.05) is 5.39 Å². The normalized spacial score (nSPS) is 10.6. The van der Waals surface area contributed by atoms with Crippen LogP contribution in [0.3, 0.4) is 0 Å². The number of nitrogens with zero attached hydrogens (tertiary/aromatic N) is 2. The van der Waals surface area contributed by atoms with Crippen molar-refractivity contribution in [1.82, 2.24) is 15.2 Å². The number of hydrogen-bond acceptors (Lipinski definition) is 4. The first-order chi connectivity index (χ1) is 7.13. The van der Waals surface area contributed by atoms with E-state index in [-0.39, 0.29) is 0 Å². The Labute approximate surface area is 99.8 Å². The highest BCUT2D eigenvalue weighted by atomic mass is 79.9. The molecular weight excluding hydrogens is 278 g/mol. The van der Waals surface area contributed by atoms with Crippen molar-refractivity contribution in [2.75, 3.05) is 7.11 Å². The predicted molar refractivity (Wildman–Crippen MR) is 63.7 cm³/mol. The molecule has 2 heterocycles. The van der Waals surface area contributed by atoms with E-state index in [9.17, 15) is 0 Å². The van der Waals surface area contributed by atoms with E-state index < -0.39 is 0 Å². The van der Waals surface area contributed by atoms with Crippen molar-refractivity contribution in [2.24, 2.45) is 0 Å². The SMILES string of the molecule is COc1nc2c(C)n[nH]c(=S)c2cc1Br. The quantitative estimate of drug-likeness (QED) is 0.819. The van der Waals surface area contributed by atoms with Gasteiger partial charge in [0.1, 0.15) is 10.2 Å². The molecule has 0 aromatic carbocycles. The zero-order valence-corrected chi connectivity index (χ0v) is 10.6. The minimum absolute atomic E-state index is 0.535. The molecule has 2 aromatic heterocycles. The van der Waals surface area contributed by atoms with Gasteiger partial charge in [-0.3, -0.25) is 5.10 Å². The van der Waals surface area contributed by atoms with Crippen molar-refractivity contribution >= 4 is 39.1 Å². The maximum atomic E-state index is 5.13. The Kier molecular flexibility index (Phi) is 2.70. The van der Waals surface area contributed by atoms with Crippen molar-refractivity contribution < 1.29 is 4.74 Å². The van der Waals surface area contributed by atoms with Crippen LogP contribution in [-0.2, 0) is 0 Å². The van der Waals surface area contributed by atoms with E-state index in [2.05, 4.69) is 31.1 Å². The summed E-state index contributed by atoms with van der Waals surface area (Å²) in [6.07, 6.45) is 0. The molecule has 0 bridgehead atoms. The Morgan fingerprint density at radius 1 is 1.53 bits per heavy atom. The number of methoxy groups -OCH3 is 1. The first-order valence-corrected chi connectivity index (χ1v) is 5.43. The summed E-state index contributed by atoms with van der Waals surface area (Å²) in [4.78, 5) is 4.34. The van der Waals surface area contributed by atoms with Gasteiger partial charge >= 0.3 is 0 Å². The predicted octanol–water partition coefficient (Wildman–Crippen LogP) is 2.77. The van der Waals surface area contributed by atoms with E-state index >= 15 is 0 Å². The second-order valence-electron chi connectivity index (χ2n) is 3.01. The van der Waals surface area contributed by atoms with Crippen molar-refractivity contribution in [3.05, 3.63) is 20.9 Å². The van der Waals surface area contributed by atoms with Gasteiger partial charge < -0.3 is 4.74 Å². The summed E-state index contributed by atoms with van der Waals surface area (Å²) in [5.74, 6) is 0.535. The number of aryl methyl sites for hydroxylation is 1. The molecule has 78 valence electrons. The highest BCUT2D eigenvalue weighted by Gasteiger charge is 2.08. The molecule has 0 amide bonds. The smallest absolute Gasteiger partial charge is 0.228 e. The molecule has 0 atom stereocenters. The highest BCUT2D eigenvalue weighted by Crippen LogP contribution is 2.27. The number of ether oxygens (including phenoxy) is 1. The number of pyridine rings is 1. The second-order valence-corrected chi connectivity index (χ2v) is 4.28. The summed E-state index contributed by atoms with van der Waals surface area (Å²) in [5, 5.41) is 7.69. The molecule has 4 nitrogen and oxygen atoms in total. The number of hydrogen-bond donors (Lipinski definition) is 1. The Balaban J connectivity index is 2.92. The van der Waals surface area contributed by atoms with Crippen molar-refractivity contribution in [1.29, 1.82) is 0 Å². The lowest BCUT2D eigenvalue weighted by Crippen LogP contribution is -1.95. The maximum absolute atomic E-state index is 5.13. The summed E-state index contributed by atoms with van der Waals surface area (Å²) in [6.45, 7) is 1.87. The average molecular weight is 286 g/mol. The van der Waals surface area contributed by atoms with Crippen LogP contribution in [-0.4, -0.2) is 22.3 Å². The third-order valence-corrected chi connectivity index (χ3v) is 2.93. The fourth-order valence-electron chi connectivity index (χ4n) is 1.31. The number of halogens is 1. The standard InChI is InChI=1S/C9H8BrN3OS/c1-4-7-5(9(15)13-12-4)3-6(10)8(11-7)14-2/h3H,1-2H3,(H,13,15). The molecule has 1 N–H and O–H groups in total. The number of aromatic nitrogens is 3. The fourth-order valence-corrected chi connectivity index (χ4v) is 1.99. The molecule has 0 saturated heterocycles. The van der Waals surface area contributed by atoms with Crippen molar-refractivity contribution in [3.63, 3.8) is 0 Å². The van der Waals surface area contributed by atoms with Crippen molar-refractivity contribution in [3.8, 4) is 5.88 Å². The zero-order valence-electron chi connectivity index (χ0n) is 8.17. The third kappa shape index (κ3) is 1.74. The van der Waals surface area contributed by atoms with Crippen LogP contribution in [0.15, 0.2) is 10.5 Å². The van der Waals surface area contributed by atoms with Gasteiger partial charge in [-0.1, -0.05) is 12.2 Å². The van der Waals surface area contributed by atoms with Gasteiger partial charge in [-0.05, 0) is 28.9 Å². The lowest BCUT2D eigenvalue weighted by atomic mass is 10.2. The van der Waals surface area contributed by atoms with Gasteiger partial charge in [-0.2, -0.15) is 5.10 Å². The van der Waals surface area contributed by atoms with Gasteiger partial charge in [-0.25, -0.2) is 4.98 Å². The average Bonchev–Trinajstić information content (AvgIpc) is 2.23. The van der Waals surface area contributed by atoms with Gasteiger partial charge in [0.05, 0.1) is 17.3 Å². The van der Waals surface area contributed by atoms with E-state index in [1.165, 1.54) is 0 Å². The largest absolute Gasteiger partial charge is 0.480 e. The van der Waals surface area contributed by atoms with Crippen LogP contribution in [0.1, 0.15) is 5.69 Å². The number of nitrogens with one attached hydrogen (secondary N) is 1. The molecule has 0 aliphatic rings. The van der Waals surface area contributed by atoms with Crippen LogP contribution >= 0.6 is 28.1 Å². The molecule has 0 spiro atoms. The monoisotopic (exact) mass is 285 g/mol. The molecule has 2 aromatic rings. The first kappa shape index (κ1) is 10.5. The summed E-state index contributed by atoms with van der Waals surface area (Å²) < 4.78 is 6.47. The maximum Gasteiger partial charge on any atom is 0.228 e. The molecule has 0 aliphatic heterocycles. The molecule has 6 heteroatoms. The minimum Gasteiger partial charge on any atom is -0.480 e.